The summed E-state index contributed by atoms with van der Waals surface area (Å²) in [7, 11) is 4.35. The van der Waals surface area contributed by atoms with Gasteiger partial charge in [0.2, 0.25) is 0 Å². The van der Waals surface area contributed by atoms with E-state index in [4.69, 9.17) is 4.74 Å². The van der Waals surface area contributed by atoms with Crippen LogP contribution in [-0.2, 0) is 6.42 Å². The lowest BCUT2D eigenvalue weighted by atomic mass is 9.92. The Morgan fingerprint density at radius 2 is 2.00 bits per heavy atom. The Balaban J connectivity index is 1.73. The number of benzene rings is 1. The van der Waals surface area contributed by atoms with Crippen LogP contribution in [0.25, 0.3) is 10.9 Å². The zero-order valence-corrected chi connectivity index (χ0v) is 13.2. The Labute approximate surface area is 126 Å². The molecule has 0 aliphatic heterocycles. The number of aryl methyl sites for hydroxylation is 1. The molecule has 1 aromatic carbocycles. The molecule has 3 rings (SSSR count). The van der Waals surface area contributed by atoms with Crippen molar-refractivity contribution < 1.29 is 4.74 Å². The Hall–Kier alpha value is -1.55. The number of rotatable bonds is 4. The van der Waals surface area contributed by atoms with E-state index >= 15 is 0 Å². The van der Waals surface area contributed by atoms with Crippen LogP contribution in [0.2, 0.25) is 0 Å². The average Bonchev–Trinajstić information content (AvgIpc) is 2.96. The molecule has 114 valence electrons. The monoisotopic (exact) mass is 287 g/mol. The molecule has 4 nitrogen and oxygen atoms in total. The van der Waals surface area contributed by atoms with E-state index in [1.54, 1.807) is 0 Å². The minimum absolute atomic E-state index is 0.357. The molecule has 1 aromatic heterocycles. The summed E-state index contributed by atoms with van der Waals surface area (Å²) in [6.45, 7) is 2.18. The van der Waals surface area contributed by atoms with Crippen LogP contribution in [0.1, 0.15) is 38.2 Å². The van der Waals surface area contributed by atoms with Gasteiger partial charge in [-0.2, -0.15) is 5.10 Å². The van der Waals surface area contributed by atoms with Gasteiger partial charge in [-0.05, 0) is 58.3 Å². The van der Waals surface area contributed by atoms with E-state index in [1.165, 1.54) is 23.8 Å². The van der Waals surface area contributed by atoms with Gasteiger partial charge in [0.15, 0.2) is 0 Å². The van der Waals surface area contributed by atoms with Crippen molar-refractivity contribution >= 4 is 10.9 Å². The second-order valence-electron chi connectivity index (χ2n) is 6.24. The molecule has 1 aliphatic rings. The molecule has 0 spiro atoms. The van der Waals surface area contributed by atoms with Crippen LogP contribution in [0, 0.1) is 0 Å². The molecule has 0 atom stereocenters. The van der Waals surface area contributed by atoms with Gasteiger partial charge in [0, 0.05) is 17.0 Å². The fourth-order valence-electron chi connectivity index (χ4n) is 3.39. The maximum atomic E-state index is 6.32. The van der Waals surface area contributed by atoms with Crippen LogP contribution in [-0.4, -0.2) is 41.3 Å². The number of hydrogen-bond acceptors (Lipinski definition) is 3. The van der Waals surface area contributed by atoms with E-state index in [2.05, 4.69) is 48.2 Å². The number of H-pyrrole nitrogens is 1. The summed E-state index contributed by atoms with van der Waals surface area (Å²) in [4.78, 5) is 2.34. The predicted octanol–water partition coefficient (Wildman–Crippen LogP) is 3.38. The second-order valence-corrected chi connectivity index (χ2v) is 6.24. The zero-order valence-electron chi connectivity index (χ0n) is 13.2. The van der Waals surface area contributed by atoms with Crippen LogP contribution >= 0.6 is 0 Å². The van der Waals surface area contributed by atoms with Crippen LogP contribution in [0.15, 0.2) is 18.3 Å². The summed E-state index contributed by atoms with van der Waals surface area (Å²) in [5.74, 6) is 1.04. The number of hydrogen-bond donors (Lipinski definition) is 1. The SMILES string of the molecule is CCc1c(O[C@H]2CC[C@H](N(C)C)CC2)ccc2[nH]ncc12. The quantitative estimate of drug-likeness (QED) is 0.937. The van der Waals surface area contributed by atoms with Crippen molar-refractivity contribution in [2.45, 2.75) is 51.2 Å². The summed E-state index contributed by atoms with van der Waals surface area (Å²) in [5.41, 5.74) is 2.37. The molecular weight excluding hydrogens is 262 g/mol. The van der Waals surface area contributed by atoms with E-state index in [0.29, 0.717) is 12.1 Å². The van der Waals surface area contributed by atoms with Crippen LogP contribution < -0.4 is 4.74 Å². The van der Waals surface area contributed by atoms with Gasteiger partial charge in [-0.1, -0.05) is 6.92 Å². The van der Waals surface area contributed by atoms with E-state index in [0.717, 1.165) is 30.5 Å². The summed E-state index contributed by atoms with van der Waals surface area (Å²) in [6.07, 6.45) is 7.99. The Kier molecular flexibility index (Phi) is 4.15. The third-order valence-corrected chi connectivity index (χ3v) is 4.71. The van der Waals surface area contributed by atoms with Crippen LogP contribution in [0.3, 0.4) is 0 Å². The van der Waals surface area contributed by atoms with Crippen LogP contribution in [0.4, 0.5) is 0 Å². The Bertz CT molecular complexity index is 597. The third kappa shape index (κ3) is 2.91. The van der Waals surface area contributed by atoms with Crippen molar-refractivity contribution in [3.05, 3.63) is 23.9 Å². The van der Waals surface area contributed by atoms with Gasteiger partial charge < -0.3 is 9.64 Å². The van der Waals surface area contributed by atoms with E-state index in [9.17, 15) is 0 Å². The van der Waals surface area contributed by atoms with Crippen molar-refractivity contribution in [3.8, 4) is 5.75 Å². The first-order chi connectivity index (χ1) is 10.2. The second kappa shape index (κ2) is 6.06. The number of nitrogens with zero attached hydrogens (tertiary/aromatic N) is 2. The molecule has 0 amide bonds. The molecule has 4 heteroatoms. The first-order valence-electron chi connectivity index (χ1n) is 7.97. The Morgan fingerprint density at radius 1 is 1.24 bits per heavy atom. The molecule has 1 saturated carbocycles. The highest BCUT2D eigenvalue weighted by Gasteiger charge is 2.24. The van der Waals surface area contributed by atoms with Crippen molar-refractivity contribution in [2.75, 3.05) is 14.1 Å². The Morgan fingerprint density at radius 3 is 2.67 bits per heavy atom. The first-order valence-corrected chi connectivity index (χ1v) is 7.97. The molecule has 1 fully saturated rings. The van der Waals surface area contributed by atoms with Crippen molar-refractivity contribution in [3.63, 3.8) is 0 Å². The van der Waals surface area contributed by atoms with Gasteiger partial charge in [-0.3, -0.25) is 5.10 Å². The zero-order chi connectivity index (χ0) is 14.8. The van der Waals surface area contributed by atoms with E-state index < -0.39 is 0 Å². The van der Waals surface area contributed by atoms with E-state index in [-0.39, 0.29) is 0 Å². The molecule has 0 bridgehead atoms. The predicted molar refractivity (Wildman–Crippen MR) is 85.8 cm³/mol. The lowest BCUT2D eigenvalue weighted by Gasteiger charge is -2.33. The minimum Gasteiger partial charge on any atom is -0.490 e. The molecule has 1 aliphatic carbocycles. The van der Waals surface area contributed by atoms with Gasteiger partial charge in [0.1, 0.15) is 5.75 Å². The lowest BCUT2D eigenvalue weighted by Crippen LogP contribution is -2.35. The number of fused-ring (bicyclic) bond motifs is 1. The third-order valence-electron chi connectivity index (χ3n) is 4.71. The summed E-state index contributed by atoms with van der Waals surface area (Å²) in [6, 6.07) is 4.88. The molecule has 0 radical (unpaired) electrons. The highest BCUT2D eigenvalue weighted by Crippen LogP contribution is 2.31. The molecule has 0 unspecified atom stereocenters. The number of ether oxygens (including phenoxy) is 1. The minimum atomic E-state index is 0.357. The van der Waals surface area contributed by atoms with Gasteiger partial charge >= 0.3 is 0 Å². The number of nitrogens with one attached hydrogen (secondary N) is 1. The highest BCUT2D eigenvalue weighted by molar-refractivity contribution is 5.84. The first kappa shape index (κ1) is 14.4. The van der Waals surface area contributed by atoms with Gasteiger partial charge in [-0.25, -0.2) is 0 Å². The molecule has 21 heavy (non-hydrogen) atoms. The largest absolute Gasteiger partial charge is 0.490 e. The standard InChI is InChI=1S/C17H25N3O/c1-4-14-15-11-18-19-16(15)9-10-17(14)21-13-7-5-12(6-8-13)20(2)3/h9-13H,4-8H2,1-3H3,(H,18,19)/t12-,13-. The molecule has 1 N–H and O–H groups in total. The lowest BCUT2D eigenvalue weighted by molar-refractivity contribution is 0.110. The van der Waals surface area contributed by atoms with Crippen molar-refractivity contribution in [2.24, 2.45) is 0 Å². The van der Waals surface area contributed by atoms with Crippen molar-refractivity contribution in [1.82, 2.24) is 15.1 Å². The maximum absolute atomic E-state index is 6.32. The summed E-state index contributed by atoms with van der Waals surface area (Å²) in [5, 5.41) is 8.37. The molecule has 2 aromatic rings. The maximum Gasteiger partial charge on any atom is 0.123 e. The summed E-state index contributed by atoms with van der Waals surface area (Å²) >= 11 is 0. The molecule has 1 heterocycles. The fraction of sp³-hybridized carbons (Fsp3) is 0.588. The highest BCUT2D eigenvalue weighted by atomic mass is 16.5. The van der Waals surface area contributed by atoms with Crippen LogP contribution in [0.5, 0.6) is 5.75 Å². The number of aromatic nitrogens is 2. The molecule has 0 saturated heterocycles. The fourth-order valence-corrected chi connectivity index (χ4v) is 3.39. The van der Waals surface area contributed by atoms with Gasteiger partial charge in [0.05, 0.1) is 17.8 Å². The van der Waals surface area contributed by atoms with Crippen molar-refractivity contribution in [1.29, 1.82) is 0 Å². The molecular formula is C17H25N3O. The topological polar surface area (TPSA) is 41.1 Å². The van der Waals surface area contributed by atoms with E-state index in [1.807, 2.05) is 6.20 Å². The normalized spacial score (nSPS) is 22.9. The average molecular weight is 287 g/mol. The number of aromatic amines is 1. The van der Waals surface area contributed by atoms with Gasteiger partial charge in [-0.15, -0.1) is 0 Å². The smallest absolute Gasteiger partial charge is 0.123 e. The summed E-state index contributed by atoms with van der Waals surface area (Å²) < 4.78 is 6.32. The van der Waals surface area contributed by atoms with Gasteiger partial charge in [0.25, 0.3) is 0 Å².